The van der Waals surface area contributed by atoms with E-state index in [1.807, 2.05) is 0 Å². The van der Waals surface area contributed by atoms with Gasteiger partial charge >= 0.3 is 0 Å². The largest absolute Gasteiger partial charge is 0.393 e. The molecule has 5 heteroatoms. The first-order valence-electron chi connectivity index (χ1n) is 6.53. The maximum Gasteiger partial charge on any atom is 0.157 e. The van der Waals surface area contributed by atoms with Crippen LogP contribution < -0.4 is 10.6 Å². The van der Waals surface area contributed by atoms with Crippen molar-refractivity contribution in [3.63, 3.8) is 0 Å². The molecule has 1 aromatic heterocycles. The van der Waals surface area contributed by atoms with Crippen molar-refractivity contribution in [3.05, 3.63) is 11.5 Å². The maximum absolute atomic E-state index is 6.01. The Labute approximate surface area is 115 Å². The van der Waals surface area contributed by atoms with Crippen LogP contribution in [0.1, 0.15) is 40.5 Å². The normalized spacial score (nSPS) is 11.3. The molecule has 4 nitrogen and oxygen atoms in total. The average Bonchev–Trinajstić information content (AvgIpc) is 2.32. The van der Waals surface area contributed by atoms with E-state index < -0.39 is 0 Å². The molecule has 0 bridgehead atoms. The van der Waals surface area contributed by atoms with E-state index in [1.54, 1.807) is 0 Å². The Balaban J connectivity index is 3.12. The first kappa shape index (κ1) is 15.0. The average molecular weight is 271 g/mol. The van der Waals surface area contributed by atoms with Crippen LogP contribution in [0.2, 0.25) is 5.15 Å². The van der Waals surface area contributed by atoms with Gasteiger partial charge in [0.25, 0.3) is 0 Å². The molecule has 1 aromatic rings. The SMILES string of the molecule is CCC(CC)N(CC(C)C)c1ncnc(Cl)c1N. The second kappa shape index (κ2) is 6.78. The summed E-state index contributed by atoms with van der Waals surface area (Å²) in [6.45, 7) is 9.66. The molecular weight excluding hydrogens is 248 g/mol. The second-order valence-electron chi connectivity index (χ2n) is 4.92. The van der Waals surface area contributed by atoms with E-state index in [9.17, 15) is 0 Å². The van der Waals surface area contributed by atoms with Crippen LogP contribution in [0.25, 0.3) is 0 Å². The molecule has 0 fully saturated rings. The van der Waals surface area contributed by atoms with Gasteiger partial charge in [-0.15, -0.1) is 0 Å². The lowest BCUT2D eigenvalue weighted by Gasteiger charge is -2.33. The molecule has 0 spiro atoms. The molecular formula is C13H23ClN4. The van der Waals surface area contributed by atoms with Crippen molar-refractivity contribution >= 4 is 23.1 Å². The Bertz CT molecular complexity index is 377. The lowest BCUT2D eigenvalue weighted by molar-refractivity contribution is 0.503. The molecule has 0 aromatic carbocycles. The van der Waals surface area contributed by atoms with Crippen LogP contribution in [0.3, 0.4) is 0 Å². The highest BCUT2D eigenvalue weighted by Gasteiger charge is 2.21. The van der Waals surface area contributed by atoms with Crippen molar-refractivity contribution < 1.29 is 0 Å². The first-order valence-corrected chi connectivity index (χ1v) is 6.91. The van der Waals surface area contributed by atoms with E-state index in [4.69, 9.17) is 17.3 Å². The van der Waals surface area contributed by atoms with Crippen LogP contribution in [0, 0.1) is 5.92 Å². The zero-order valence-corrected chi connectivity index (χ0v) is 12.4. The van der Waals surface area contributed by atoms with E-state index in [-0.39, 0.29) is 0 Å². The summed E-state index contributed by atoms with van der Waals surface area (Å²) in [5, 5.41) is 0.333. The highest BCUT2D eigenvalue weighted by atomic mass is 35.5. The van der Waals surface area contributed by atoms with Gasteiger partial charge in [-0.25, -0.2) is 9.97 Å². The Morgan fingerprint density at radius 3 is 2.39 bits per heavy atom. The topological polar surface area (TPSA) is 55.0 Å². The van der Waals surface area contributed by atoms with E-state index in [0.717, 1.165) is 25.2 Å². The molecule has 1 heterocycles. The number of nitrogen functional groups attached to an aromatic ring is 1. The smallest absolute Gasteiger partial charge is 0.157 e. The summed E-state index contributed by atoms with van der Waals surface area (Å²) >= 11 is 5.98. The number of hydrogen-bond donors (Lipinski definition) is 1. The van der Waals surface area contributed by atoms with Gasteiger partial charge in [-0.2, -0.15) is 0 Å². The molecule has 2 N–H and O–H groups in total. The Kier molecular flexibility index (Phi) is 5.66. The summed E-state index contributed by atoms with van der Waals surface area (Å²) < 4.78 is 0. The summed E-state index contributed by atoms with van der Waals surface area (Å²) in [6, 6.07) is 0.431. The van der Waals surface area contributed by atoms with Gasteiger partial charge in [0, 0.05) is 12.6 Å². The summed E-state index contributed by atoms with van der Waals surface area (Å²) in [7, 11) is 0. The maximum atomic E-state index is 6.01. The monoisotopic (exact) mass is 270 g/mol. The minimum Gasteiger partial charge on any atom is -0.393 e. The van der Waals surface area contributed by atoms with Crippen LogP contribution >= 0.6 is 11.6 Å². The number of aromatic nitrogens is 2. The predicted octanol–water partition coefficient (Wildman–Crippen LogP) is 3.36. The van der Waals surface area contributed by atoms with Crippen molar-refractivity contribution in [2.45, 2.75) is 46.6 Å². The van der Waals surface area contributed by atoms with E-state index >= 15 is 0 Å². The second-order valence-corrected chi connectivity index (χ2v) is 5.28. The number of anilines is 2. The van der Waals surface area contributed by atoms with Crippen LogP contribution in [-0.2, 0) is 0 Å². The summed E-state index contributed by atoms with van der Waals surface area (Å²) in [5.41, 5.74) is 6.49. The highest BCUT2D eigenvalue weighted by Crippen LogP contribution is 2.29. The lowest BCUT2D eigenvalue weighted by atomic mass is 10.1. The summed E-state index contributed by atoms with van der Waals surface area (Å²) in [5.74, 6) is 1.30. The highest BCUT2D eigenvalue weighted by molar-refractivity contribution is 6.32. The molecule has 0 saturated carbocycles. The predicted molar refractivity (Wildman–Crippen MR) is 78.0 cm³/mol. The molecule has 0 aliphatic rings. The van der Waals surface area contributed by atoms with Gasteiger partial charge in [0.15, 0.2) is 11.0 Å². The van der Waals surface area contributed by atoms with Crippen LogP contribution in [0.5, 0.6) is 0 Å². The van der Waals surface area contributed by atoms with Crippen LogP contribution in [0.4, 0.5) is 11.5 Å². The fourth-order valence-corrected chi connectivity index (χ4v) is 2.25. The van der Waals surface area contributed by atoms with Crippen molar-refractivity contribution in [1.29, 1.82) is 0 Å². The van der Waals surface area contributed by atoms with Gasteiger partial charge in [-0.05, 0) is 18.8 Å². The van der Waals surface area contributed by atoms with Gasteiger partial charge < -0.3 is 10.6 Å². The Morgan fingerprint density at radius 1 is 1.28 bits per heavy atom. The zero-order chi connectivity index (χ0) is 13.7. The molecule has 0 saturated heterocycles. The van der Waals surface area contributed by atoms with Gasteiger partial charge in [0.05, 0.1) is 0 Å². The Morgan fingerprint density at radius 2 is 1.89 bits per heavy atom. The fraction of sp³-hybridized carbons (Fsp3) is 0.692. The Hall–Kier alpha value is -1.03. The number of hydrogen-bond acceptors (Lipinski definition) is 4. The third-order valence-corrected chi connectivity index (χ3v) is 3.33. The molecule has 0 aliphatic carbocycles. The minimum atomic E-state index is 0.333. The van der Waals surface area contributed by atoms with Gasteiger partial charge in [0.1, 0.15) is 12.0 Å². The molecule has 0 aliphatic heterocycles. The van der Waals surface area contributed by atoms with E-state index in [0.29, 0.717) is 22.8 Å². The van der Waals surface area contributed by atoms with Crippen molar-refractivity contribution in [2.75, 3.05) is 17.2 Å². The van der Waals surface area contributed by atoms with Crippen LogP contribution in [0.15, 0.2) is 6.33 Å². The fourth-order valence-electron chi connectivity index (χ4n) is 2.13. The van der Waals surface area contributed by atoms with E-state index in [1.165, 1.54) is 6.33 Å². The van der Waals surface area contributed by atoms with E-state index in [2.05, 4.69) is 42.6 Å². The standard InChI is InChI=1S/C13H23ClN4/c1-5-10(6-2)18(7-9(3)4)13-11(15)12(14)16-8-17-13/h8-10H,5-7,15H2,1-4H3. The third-order valence-electron chi connectivity index (χ3n) is 3.03. The number of nitrogens with two attached hydrogens (primary N) is 1. The van der Waals surface area contributed by atoms with Gasteiger partial charge in [-0.1, -0.05) is 39.3 Å². The molecule has 18 heavy (non-hydrogen) atoms. The molecule has 1 rings (SSSR count). The van der Waals surface area contributed by atoms with Crippen molar-refractivity contribution in [2.24, 2.45) is 5.92 Å². The summed E-state index contributed by atoms with van der Waals surface area (Å²) in [6.07, 6.45) is 3.60. The molecule has 102 valence electrons. The molecule has 0 radical (unpaired) electrons. The number of nitrogens with zero attached hydrogens (tertiary/aromatic N) is 3. The third kappa shape index (κ3) is 3.48. The van der Waals surface area contributed by atoms with Gasteiger partial charge in [-0.3, -0.25) is 0 Å². The quantitative estimate of drug-likeness (QED) is 0.806. The lowest BCUT2D eigenvalue weighted by Crippen LogP contribution is -2.38. The first-order chi connectivity index (χ1) is 8.51. The van der Waals surface area contributed by atoms with Gasteiger partial charge in [0.2, 0.25) is 0 Å². The number of halogens is 1. The van der Waals surface area contributed by atoms with Crippen LogP contribution in [-0.4, -0.2) is 22.6 Å². The minimum absolute atomic E-state index is 0.333. The van der Waals surface area contributed by atoms with Crippen molar-refractivity contribution in [1.82, 2.24) is 9.97 Å². The van der Waals surface area contributed by atoms with Crippen molar-refractivity contribution in [3.8, 4) is 0 Å². The number of rotatable bonds is 6. The summed E-state index contributed by atoms with van der Waals surface area (Å²) in [4.78, 5) is 10.5. The molecule has 0 unspecified atom stereocenters. The molecule has 0 amide bonds. The zero-order valence-electron chi connectivity index (χ0n) is 11.7. The molecule has 0 atom stereocenters.